The lowest BCUT2D eigenvalue weighted by atomic mass is 10.1. The predicted octanol–water partition coefficient (Wildman–Crippen LogP) is 4.18. The standard InChI is InChI=1S/C16H16ClNO3S2/c1-2-3-4-12(15(20)21)18-14(19)13(23-16(18)22)9-10-5-7-11(17)8-6-10/h5-9,12H,2-4H2,1H3,(H,20,21). The summed E-state index contributed by atoms with van der Waals surface area (Å²) in [6, 6.07) is 6.14. The molecule has 1 heterocycles. The van der Waals surface area contributed by atoms with Gasteiger partial charge in [0.2, 0.25) is 0 Å². The largest absolute Gasteiger partial charge is 0.480 e. The van der Waals surface area contributed by atoms with Crippen molar-refractivity contribution in [3.05, 3.63) is 39.8 Å². The first-order valence-electron chi connectivity index (χ1n) is 7.19. The van der Waals surface area contributed by atoms with Crippen LogP contribution in [0.5, 0.6) is 0 Å². The van der Waals surface area contributed by atoms with E-state index in [-0.39, 0.29) is 5.91 Å². The van der Waals surface area contributed by atoms with Crippen molar-refractivity contribution >= 4 is 57.9 Å². The summed E-state index contributed by atoms with van der Waals surface area (Å²) in [5, 5.41) is 10.0. The summed E-state index contributed by atoms with van der Waals surface area (Å²) in [5.41, 5.74) is 0.815. The van der Waals surface area contributed by atoms with E-state index >= 15 is 0 Å². The summed E-state index contributed by atoms with van der Waals surface area (Å²) >= 11 is 12.2. The Labute approximate surface area is 149 Å². The van der Waals surface area contributed by atoms with E-state index in [9.17, 15) is 14.7 Å². The molecule has 1 aliphatic rings. The van der Waals surface area contributed by atoms with Crippen LogP contribution in [0.15, 0.2) is 29.2 Å². The summed E-state index contributed by atoms with van der Waals surface area (Å²) < 4.78 is 0.290. The van der Waals surface area contributed by atoms with Crippen LogP contribution in [-0.2, 0) is 9.59 Å². The lowest BCUT2D eigenvalue weighted by molar-refractivity contribution is -0.145. The van der Waals surface area contributed by atoms with E-state index in [1.165, 1.54) is 4.90 Å². The molecule has 0 aliphatic carbocycles. The molecule has 1 saturated heterocycles. The molecule has 1 amide bonds. The van der Waals surface area contributed by atoms with Crippen LogP contribution in [0.1, 0.15) is 31.7 Å². The number of aliphatic carboxylic acids is 1. The molecule has 0 radical (unpaired) electrons. The molecular formula is C16H16ClNO3S2. The van der Waals surface area contributed by atoms with Crippen LogP contribution in [0, 0.1) is 0 Å². The van der Waals surface area contributed by atoms with Crippen molar-refractivity contribution in [3.63, 3.8) is 0 Å². The van der Waals surface area contributed by atoms with Crippen LogP contribution >= 0.6 is 35.6 Å². The Bertz CT molecular complexity index is 658. The molecule has 1 aliphatic heterocycles. The number of benzene rings is 1. The normalized spacial score (nSPS) is 17.8. The molecule has 0 spiro atoms. The smallest absolute Gasteiger partial charge is 0.326 e. The first-order valence-corrected chi connectivity index (χ1v) is 8.79. The number of nitrogens with zero attached hydrogens (tertiary/aromatic N) is 1. The molecule has 1 aromatic carbocycles. The molecule has 2 rings (SSSR count). The van der Waals surface area contributed by atoms with Gasteiger partial charge in [0, 0.05) is 5.02 Å². The number of thioether (sulfide) groups is 1. The first-order chi connectivity index (χ1) is 10.9. The van der Waals surface area contributed by atoms with Gasteiger partial charge >= 0.3 is 5.97 Å². The third-order valence-electron chi connectivity index (χ3n) is 3.42. The van der Waals surface area contributed by atoms with Crippen molar-refractivity contribution in [1.29, 1.82) is 0 Å². The number of rotatable bonds is 6. The molecule has 0 saturated carbocycles. The number of hydrogen-bond donors (Lipinski definition) is 1. The molecule has 0 bridgehead atoms. The Morgan fingerprint density at radius 2 is 2.09 bits per heavy atom. The van der Waals surface area contributed by atoms with E-state index in [0.717, 1.165) is 30.2 Å². The van der Waals surface area contributed by atoms with Crippen LogP contribution in [-0.4, -0.2) is 32.2 Å². The number of carboxylic acids is 1. The van der Waals surface area contributed by atoms with Gasteiger partial charge in [0.05, 0.1) is 4.91 Å². The minimum absolute atomic E-state index is 0.290. The number of amides is 1. The van der Waals surface area contributed by atoms with Crippen LogP contribution in [0.4, 0.5) is 0 Å². The van der Waals surface area contributed by atoms with Gasteiger partial charge in [-0.3, -0.25) is 9.69 Å². The second kappa shape index (κ2) is 7.95. The highest BCUT2D eigenvalue weighted by Crippen LogP contribution is 2.35. The molecule has 1 unspecified atom stereocenters. The quantitative estimate of drug-likeness (QED) is 0.602. The van der Waals surface area contributed by atoms with Crippen molar-refractivity contribution in [2.75, 3.05) is 0 Å². The van der Waals surface area contributed by atoms with Gasteiger partial charge in [-0.1, -0.05) is 67.5 Å². The maximum Gasteiger partial charge on any atom is 0.326 e. The summed E-state index contributed by atoms with van der Waals surface area (Å²) in [6.07, 6.45) is 3.68. The number of carbonyl (C=O) groups is 2. The van der Waals surface area contributed by atoms with E-state index in [1.807, 2.05) is 6.92 Å². The van der Waals surface area contributed by atoms with Gasteiger partial charge in [0.15, 0.2) is 0 Å². The zero-order chi connectivity index (χ0) is 17.0. The number of halogens is 1. The van der Waals surface area contributed by atoms with Crippen molar-refractivity contribution in [1.82, 2.24) is 4.90 Å². The SMILES string of the molecule is CCCCC(C(=O)O)N1C(=O)C(=Cc2ccc(Cl)cc2)SC1=S. The highest BCUT2D eigenvalue weighted by molar-refractivity contribution is 8.26. The predicted molar refractivity (Wildman–Crippen MR) is 97.4 cm³/mol. The summed E-state index contributed by atoms with van der Waals surface area (Å²) in [5.74, 6) is -1.37. The lowest BCUT2D eigenvalue weighted by Crippen LogP contribution is -2.43. The highest BCUT2D eigenvalue weighted by Gasteiger charge is 2.40. The average molecular weight is 370 g/mol. The van der Waals surface area contributed by atoms with Crippen LogP contribution in [0.3, 0.4) is 0 Å². The number of carboxylic acid groups (broad SMARTS) is 1. The maximum absolute atomic E-state index is 12.6. The van der Waals surface area contributed by atoms with Gasteiger partial charge in [-0.2, -0.15) is 0 Å². The fourth-order valence-electron chi connectivity index (χ4n) is 2.22. The Balaban J connectivity index is 2.24. The van der Waals surface area contributed by atoms with Crippen molar-refractivity contribution in [2.24, 2.45) is 0 Å². The fraction of sp³-hybridized carbons (Fsp3) is 0.312. The molecule has 0 aromatic heterocycles. The van der Waals surface area contributed by atoms with Gasteiger partial charge < -0.3 is 5.11 Å². The number of hydrogen-bond acceptors (Lipinski definition) is 4. The summed E-state index contributed by atoms with van der Waals surface area (Å²) in [6.45, 7) is 1.98. The topological polar surface area (TPSA) is 57.6 Å². The van der Waals surface area contributed by atoms with Crippen molar-refractivity contribution in [2.45, 2.75) is 32.2 Å². The molecule has 1 atom stereocenters. The summed E-state index contributed by atoms with van der Waals surface area (Å²) in [4.78, 5) is 25.7. The molecule has 7 heteroatoms. The Kier molecular flexibility index (Phi) is 6.21. The highest BCUT2D eigenvalue weighted by atomic mass is 35.5. The maximum atomic E-state index is 12.6. The zero-order valence-corrected chi connectivity index (χ0v) is 14.9. The third kappa shape index (κ3) is 4.34. The van der Waals surface area contributed by atoms with Crippen LogP contribution in [0.25, 0.3) is 6.08 Å². The third-order valence-corrected chi connectivity index (χ3v) is 5.00. The number of thiocarbonyl (C=S) groups is 1. The van der Waals surface area contributed by atoms with E-state index in [0.29, 0.717) is 20.7 Å². The second-order valence-corrected chi connectivity index (χ2v) is 7.21. The van der Waals surface area contributed by atoms with Crippen LogP contribution in [0.2, 0.25) is 5.02 Å². The number of carbonyl (C=O) groups excluding carboxylic acids is 1. The van der Waals surface area contributed by atoms with Gasteiger partial charge in [0.1, 0.15) is 10.4 Å². The van der Waals surface area contributed by atoms with E-state index in [1.54, 1.807) is 30.3 Å². The van der Waals surface area contributed by atoms with Gasteiger partial charge in [-0.25, -0.2) is 4.79 Å². The molecule has 1 fully saturated rings. The van der Waals surface area contributed by atoms with Crippen molar-refractivity contribution < 1.29 is 14.7 Å². The van der Waals surface area contributed by atoms with E-state index in [4.69, 9.17) is 23.8 Å². The second-order valence-electron chi connectivity index (χ2n) is 5.10. The van der Waals surface area contributed by atoms with E-state index in [2.05, 4.69) is 0 Å². The zero-order valence-electron chi connectivity index (χ0n) is 12.5. The summed E-state index contributed by atoms with van der Waals surface area (Å²) in [7, 11) is 0. The van der Waals surface area contributed by atoms with Gasteiger partial charge in [-0.05, 0) is 30.2 Å². The molecule has 1 N–H and O–H groups in total. The first kappa shape index (κ1) is 18.0. The minimum atomic E-state index is -1.03. The van der Waals surface area contributed by atoms with E-state index < -0.39 is 12.0 Å². The lowest BCUT2D eigenvalue weighted by Gasteiger charge is -2.22. The molecule has 23 heavy (non-hydrogen) atoms. The molecule has 1 aromatic rings. The minimum Gasteiger partial charge on any atom is -0.480 e. The van der Waals surface area contributed by atoms with Gasteiger partial charge in [0.25, 0.3) is 5.91 Å². The molecular weight excluding hydrogens is 354 g/mol. The molecule has 4 nitrogen and oxygen atoms in total. The average Bonchev–Trinajstić information content (AvgIpc) is 2.77. The molecule has 122 valence electrons. The monoisotopic (exact) mass is 369 g/mol. The van der Waals surface area contributed by atoms with Crippen LogP contribution < -0.4 is 0 Å². The van der Waals surface area contributed by atoms with Crippen molar-refractivity contribution in [3.8, 4) is 0 Å². The number of unbranched alkanes of at least 4 members (excludes halogenated alkanes) is 1. The Morgan fingerprint density at radius 1 is 1.43 bits per heavy atom. The Hall–Kier alpha value is -1.37. The van der Waals surface area contributed by atoms with Gasteiger partial charge in [-0.15, -0.1) is 0 Å². The Morgan fingerprint density at radius 3 is 2.65 bits per heavy atom. The fourth-order valence-corrected chi connectivity index (χ4v) is 3.70.